The number of ether oxygens (including phenoxy) is 1. The van der Waals surface area contributed by atoms with Crippen LogP contribution in [0.1, 0.15) is 50.6 Å². The van der Waals surface area contributed by atoms with Crippen molar-refractivity contribution in [3.05, 3.63) is 41.1 Å². The molecule has 0 saturated heterocycles. The molecule has 0 spiro atoms. The molecule has 1 fully saturated rings. The lowest BCUT2D eigenvalue weighted by Gasteiger charge is -2.29. The molecule has 26 heavy (non-hydrogen) atoms. The molecule has 136 valence electrons. The summed E-state index contributed by atoms with van der Waals surface area (Å²) in [6, 6.07) is 6.22. The highest BCUT2D eigenvalue weighted by molar-refractivity contribution is 5.92. The van der Waals surface area contributed by atoms with Gasteiger partial charge in [0.2, 0.25) is 5.95 Å². The molecule has 1 unspecified atom stereocenters. The molecule has 0 bridgehead atoms. The third-order valence-corrected chi connectivity index (χ3v) is 4.95. The first-order valence-corrected chi connectivity index (χ1v) is 8.89. The number of tetrazole rings is 1. The maximum atomic E-state index is 13.0. The topological polar surface area (TPSA) is 102 Å². The van der Waals surface area contributed by atoms with Crippen LogP contribution >= 0.6 is 0 Å². The molecule has 0 radical (unpaired) electrons. The normalized spacial score (nSPS) is 20.4. The first kappa shape index (κ1) is 16.6. The average Bonchev–Trinajstić information content (AvgIpc) is 3.09. The van der Waals surface area contributed by atoms with E-state index < -0.39 is 6.04 Å². The Kier molecular flexibility index (Phi) is 4.32. The minimum Gasteiger partial charge on any atom is -0.508 e. The summed E-state index contributed by atoms with van der Waals surface area (Å²) in [4.78, 5) is 13.0. The fourth-order valence-corrected chi connectivity index (χ4v) is 3.68. The minimum atomic E-state index is -0.551. The number of anilines is 1. The summed E-state index contributed by atoms with van der Waals surface area (Å²) in [6.45, 7) is 1.81. The number of benzene rings is 1. The Morgan fingerprint density at radius 3 is 2.88 bits per heavy atom. The Hall–Kier alpha value is -2.90. The number of carbonyl (C=O) groups is 1. The van der Waals surface area contributed by atoms with Crippen LogP contribution in [0.4, 0.5) is 5.95 Å². The Labute approximate surface area is 150 Å². The SMILES string of the molecule is CC1=C(C(=O)OC2CCCCC2)C(c2cccc(O)c2)n2nnnc2N1. The number of allylic oxidation sites excluding steroid dienone is 1. The molecule has 2 N–H and O–H groups in total. The van der Waals surface area contributed by atoms with Gasteiger partial charge >= 0.3 is 5.97 Å². The maximum Gasteiger partial charge on any atom is 0.338 e. The summed E-state index contributed by atoms with van der Waals surface area (Å²) in [5.41, 5.74) is 1.83. The van der Waals surface area contributed by atoms with E-state index in [-0.39, 0.29) is 17.8 Å². The van der Waals surface area contributed by atoms with Crippen molar-refractivity contribution in [3.63, 3.8) is 0 Å². The summed E-state index contributed by atoms with van der Waals surface area (Å²) in [6.07, 6.45) is 5.12. The summed E-state index contributed by atoms with van der Waals surface area (Å²) in [7, 11) is 0. The summed E-state index contributed by atoms with van der Waals surface area (Å²) < 4.78 is 7.33. The van der Waals surface area contributed by atoms with E-state index in [4.69, 9.17) is 4.74 Å². The van der Waals surface area contributed by atoms with Crippen molar-refractivity contribution in [1.29, 1.82) is 0 Å². The number of nitrogens with zero attached hydrogens (tertiary/aromatic N) is 4. The minimum absolute atomic E-state index is 0.0448. The van der Waals surface area contributed by atoms with Crippen LogP contribution in [-0.2, 0) is 9.53 Å². The Morgan fingerprint density at radius 2 is 2.12 bits per heavy atom. The highest BCUT2D eigenvalue weighted by Crippen LogP contribution is 2.36. The zero-order chi connectivity index (χ0) is 18.1. The van der Waals surface area contributed by atoms with Crippen LogP contribution in [0.3, 0.4) is 0 Å². The van der Waals surface area contributed by atoms with E-state index in [1.807, 2.05) is 13.0 Å². The van der Waals surface area contributed by atoms with Crippen molar-refractivity contribution >= 4 is 11.9 Å². The largest absolute Gasteiger partial charge is 0.508 e. The molecule has 2 aromatic rings. The van der Waals surface area contributed by atoms with Crippen LogP contribution in [0, 0.1) is 0 Å². The van der Waals surface area contributed by atoms with Crippen molar-refractivity contribution < 1.29 is 14.6 Å². The second kappa shape index (κ2) is 6.78. The number of hydrogen-bond donors (Lipinski definition) is 2. The third kappa shape index (κ3) is 3.02. The smallest absolute Gasteiger partial charge is 0.338 e. The van der Waals surface area contributed by atoms with Crippen LogP contribution in [-0.4, -0.2) is 37.4 Å². The standard InChI is InChI=1S/C18H21N5O3/c1-11-15(17(25)26-14-8-3-2-4-9-14)16(12-6-5-7-13(24)10-12)23-18(19-11)20-21-22-23/h5-7,10,14,16,24H,2-4,8-9H2,1H3,(H,19,20,22). The van der Waals surface area contributed by atoms with Gasteiger partial charge in [0.1, 0.15) is 17.9 Å². The Bertz CT molecular complexity index is 854. The quantitative estimate of drug-likeness (QED) is 0.816. The van der Waals surface area contributed by atoms with Crippen LogP contribution in [0.5, 0.6) is 5.75 Å². The first-order valence-electron chi connectivity index (χ1n) is 8.89. The molecular weight excluding hydrogens is 334 g/mol. The first-order chi connectivity index (χ1) is 12.6. The summed E-state index contributed by atoms with van der Waals surface area (Å²) in [5, 5.41) is 24.6. The number of fused-ring (bicyclic) bond motifs is 1. The van der Waals surface area contributed by atoms with Gasteiger partial charge in [-0.3, -0.25) is 0 Å². The predicted octanol–water partition coefficient (Wildman–Crippen LogP) is 2.54. The van der Waals surface area contributed by atoms with Gasteiger partial charge in [-0.1, -0.05) is 23.7 Å². The van der Waals surface area contributed by atoms with Gasteiger partial charge in [-0.2, -0.15) is 4.68 Å². The zero-order valence-electron chi connectivity index (χ0n) is 14.6. The molecule has 1 aliphatic carbocycles. The van der Waals surface area contributed by atoms with Crippen LogP contribution < -0.4 is 5.32 Å². The summed E-state index contributed by atoms with van der Waals surface area (Å²) in [5.74, 6) is 0.203. The number of nitrogens with one attached hydrogen (secondary N) is 1. The highest BCUT2D eigenvalue weighted by atomic mass is 16.5. The monoisotopic (exact) mass is 355 g/mol. The van der Waals surface area contributed by atoms with Gasteiger partial charge in [-0.05, 0) is 60.7 Å². The second-order valence-electron chi connectivity index (χ2n) is 6.77. The molecule has 4 rings (SSSR count). The molecule has 8 heteroatoms. The molecule has 2 aliphatic rings. The van der Waals surface area contributed by atoms with Gasteiger partial charge in [0.15, 0.2) is 0 Å². The maximum absolute atomic E-state index is 13.0. The van der Waals surface area contributed by atoms with Gasteiger partial charge in [-0.25, -0.2) is 4.79 Å². The van der Waals surface area contributed by atoms with E-state index in [2.05, 4.69) is 20.8 Å². The fourth-order valence-electron chi connectivity index (χ4n) is 3.68. The van der Waals surface area contributed by atoms with E-state index >= 15 is 0 Å². The lowest BCUT2D eigenvalue weighted by Crippen LogP contribution is -2.32. The number of hydrogen-bond acceptors (Lipinski definition) is 7. The predicted molar refractivity (Wildman–Crippen MR) is 93.4 cm³/mol. The Balaban J connectivity index is 1.71. The number of carbonyl (C=O) groups excluding carboxylic acids is 1. The van der Waals surface area contributed by atoms with Crippen molar-refractivity contribution in [3.8, 4) is 5.75 Å². The highest BCUT2D eigenvalue weighted by Gasteiger charge is 2.36. The van der Waals surface area contributed by atoms with Gasteiger partial charge in [0.05, 0.1) is 5.57 Å². The molecule has 8 nitrogen and oxygen atoms in total. The van der Waals surface area contributed by atoms with Gasteiger partial charge < -0.3 is 15.2 Å². The lowest BCUT2D eigenvalue weighted by atomic mass is 9.94. The molecule has 1 aromatic carbocycles. The van der Waals surface area contributed by atoms with E-state index in [0.717, 1.165) is 31.2 Å². The van der Waals surface area contributed by atoms with Crippen LogP contribution in [0.2, 0.25) is 0 Å². The van der Waals surface area contributed by atoms with Crippen molar-refractivity contribution in [1.82, 2.24) is 20.2 Å². The number of rotatable bonds is 3. The molecule has 2 heterocycles. The van der Waals surface area contributed by atoms with E-state index in [1.165, 1.54) is 6.42 Å². The van der Waals surface area contributed by atoms with Crippen LogP contribution in [0.25, 0.3) is 0 Å². The molecule has 0 amide bonds. The average molecular weight is 355 g/mol. The number of aromatic nitrogens is 4. The second-order valence-corrected chi connectivity index (χ2v) is 6.77. The fraction of sp³-hybridized carbons (Fsp3) is 0.444. The third-order valence-electron chi connectivity index (χ3n) is 4.95. The lowest BCUT2D eigenvalue weighted by molar-refractivity contribution is -0.146. The van der Waals surface area contributed by atoms with Crippen molar-refractivity contribution in [2.24, 2.45) is 0 Å². The Morgan fingerprint density at radius 1 is 1.31 bits per heavy atom. The molecular formula is C18H21N5O3. The zero-order valence-corrected chi connectivity index (χ0v) is 14.6. The van der Waals surface area contributed by atoms with Gasteiger partial charge in [0.25, 0.3) is 0 Å². The number of esters is 1. The van der Waals surface area contributed by atoms with Gasteiger partial charge in [-0.15, -0.1) is 0 Å². The number of aromatic hydroxyl groups is 1. The van der Waals surface area contributed by atoms with Crippen LogP contribution in [0.15, 0.2) is 35.5 Å². The van der Waals surface area contributed by atoms with Gasteiger partial charge in [0, 0.05) is 5.70 Å². The number of phenols is 1. The van der Waals surface area contributed by atoms with E-state index in [1.54, 1.807) is 22.9 Å². The van der Waals surface area contributed by atoms with Crippen molar-refractivity contribution in [2.45, 2.75) is 51.2 Å². The molecule has 1 aliphatic heterocycles. The van der Waals surface area contributed by atoms with Crippen molar-refractivity contribution in [2.75, 3.05) is 5.32 Å². The van der Waals surface area contributed by atoms with E-state index in [0.29, 0.717) is 17.2 Å². The number of phenolic OH excluding ortho intramolecular Hbond substituents is 1. The molecule has 1 aromatic heterocycles. The van der Waals surface area contributed by atoms with E-state index in [9.17, 15) is 9.90 Å². The molecule has 1 atom stereocenters. The molecule has 1 saturated carbocycles. The summed E-state index contributed by atoms with van der Waals surface area (Å²) >= 11 is 0.